The fourth-order valence-corrected chi connectivity index (χ4v) is 1.91. The summed E-state index contributed by atoms with van der Waals surface area (Å²) in [6.07, 6.45) is 3.27. The molecule has 0 aromatic heterocycles. The summed E-state index contributed by atoms with van der Waals surface area (Å²) in [5.41, 5.74) is 0. The average Bonchev–Trinajstić information content (AvgIpc) is 2.36. The summed E-state index contributed by atoms with van der Waals surface area (Å²) < 4.78 is 0. The summed E-state index contributed by atoms with van der Waals surface area (Å²) in [4.78, 5) is 35.2. The van der Waals surface area contributed by atoms with E-state index in [1.165, 1.54) is 11.8 Å². The average molecular weight is 285 g/mol. The molecule has 0 heterocycles. The van der Waals surface area contributed by atoms with Gasteiger partial charge in [-0.3, -0.25) is 14.9 Å². The monoisotopic (exact) mass is 285 g/mol. The zero-order valence-corrected chi connectivity index (χ0v) is 13.2. The van der Waals surface area contributed by atoms with Crippen molar-refractivity contribution >= 4 is 17.8 Å². The van der Waals surface area contributed by atoms with E-state index in [4.69, 9.17) is 0 Å². The number of nitrogens with zero attached hydrogens (tertiary/aromatic N) is 1. The first-order chi connectivity index (χ1) is 9.27. The number of rotatable bonds is 7. The summed E-state index contributed by atoms with van der Waals surface area (Å²) in [6.45, 7) is 5.31. The van der Waals surface area contributed by atoms with Gasteiger partial charge < -0.3 is 10.2 Å². The van der Waals surface area contributed by atoms with Gasteiger partial charge in [0.2, 0.25) is 11.8 Å². The van der Waals surface area contributed by atoms with Crippen LogP contribution in [0.1, 0.15) is 46.5 Å². The van der Waals surface area contributed by atoms with E-state index in [2.05, 4.69) is 10.6 Å². The molecule has 0 saturated carbocycles. The van der Waals surface area contributed by atoms with Gasteiger partial charge in [-0.2, -0.15) is 0 Å². The molecule has 0 aliphatic rings. The van der Waals surface area contributed by atoms with Gasteiger partial charge in [0, 0.05) is 33.5 Å². The van der Waals surface area contributed by atoms with Crippen LogP contribution in [0, 0.1) is 5.92 Å². The van der Waals surface area contributed by atoms with E-state index in [9.17, 15) is 14.4 Å². The van der Waals surface area contributed by atoms with E-state index >= 15 is 0 Å². The molecule has 0 aromatic rings. The molecule has 0 aliphatic carbocycles. The highest BCUT2D eigenvalue weighted by Crippen LogP contribution is 2.14. The third-order valence-electron chi connectivity index (χ3n) is 3.40. The lowest BCUT2D eigenvalue weighted by atomic mass is 9.98. The standard InChI is InChI=1S/C14H27N3O3/c1-10(9-13(19)15-4)7-6-8-11(2)17(5)14(20)16-12(3)18/h10-11H,6-9H2,1-5H3,(H,15,19)(H,16,18,20). The topological polar surface area (TPSA) is 78.5 Å². The predicted octanol–water partition coefficient (Wildman–Crippen LogP) is 1.51. The van der Waals surface area contributed by atoms with E-state index in [1.54, 1.807) is 14.1 Å². The van der Waals surface area contributed by atoms with Crippen molar-refractivity contribution in [3.63, 3.8) is 0 Å². The van der Waals surface area contributed by atoms with Crippen LogP contribution in [-0.4, -0.2) is 42.9 Å². The molecular weight excluding hydrogens is 258 g/mol. The first-order valence-corrected chi connectivity index (χ1v) is 7.02. The SMILES string of the molecule is CNC(=O)CC(C)CCCC(C)N(C)C(=O)NC(C)=O. The third-order valence-corrected chi connectivity index (χ3v) is 3.40. The molecule has 0 rings (SSSR count). The van der Waals surface area contributed by atoms with E-state index in [1.807, 2.05) is 13.8 Å². The summed E-state index contributed by atoms with van der Waals surface area (Å²) in [6, 6.07) is -0.315. The molecule has 0 saturated heterocycles. The van der Waals surface area contributed by atoms with Gasteiger partial charge in [0.15, 0.2) is 0 Å². The molecule has 4 amide bonds. The molecule has 0 radical (unpaired) electrons. The quantitative estimate of drug-likeness (QED) is 0.744. The van der Waals surface area contributed by atoms with Gasteiger partial charge in [0.05, 0.1) is 0 Å². The highest BCUT2D eigenvalue weighted by molar-refractivity contribution is 5.93. The van der Waals surface area contributed by atoms with Gasteiger partial charge in [-0.25, -0.2) is 4.79 Å². The molecule has 2 N–H and O–H groups in total. The molecule has 0 aromatic carbocycles. The van der Waals surface area contributed by atoms with Crippen molar-refractivity contribution in [3.8, 4) is 0 Å². The molecule has 6 heteroatoms. The number of amides is 4. The summed E-state index contributed by atoms with van der Waals surface area (Å²) in [5.74, 6) is 0.0373. The second-order valence-corrected chi connectivity index (χ2v) is 5.36. The van der Waals surface area contributed by atoms with Gasteiger partial charge in [-0.15, -0.1) is 0 Å². The van der Waals surface area contributed by atoms with Gasteiger partial charge in [-0.05, 0) is 19.3 Å². The van der Waals surface area contributed by atoms with Crippen molar-refractivity contribution in [3.05, 3.63) is 0 Å². The summed E-state index contributed by atoms with van der Waals surface area (Å²) >= 11 is 0. The molecule has 2 atom stereocenters. The van der Waals surface area contributed by atoms with Crippen LogP contribution in [0.4, 0.5) is 4.79 Å². The van der Waals surface area contributed by atoms with Crippen LogP contribution in [0.3, 0.4) is 0 Å². The smallest absolute Gasteiger partial charge is 0.324 e. The van der Waals surface area contributed by atoms with Crippen molar-refractivity contribution in [2.24, 2.45) is 5.92 Å². The molecule has 20 heavy (non-hydrogen) atoms. The first kappa shape index (κ1) is 18.4. The maximum atomic E-state index is 11.6. The van der Waals surface area contributed by atoms with E-state index in [0.717, 1.165) is 19.3 Å². The Morgan fingerprint density at radius 3 is 2.25 bits per heavy atom. The number of hydrogen-bond donors (Lipinski definition) is 2. The Hall–Kier alpha value is -1.59. The minimum atomic E-state index is -0.372. The molecule has 6 nitrogen and oxygen atoms in total. The van der Waals surface area contributed by atoms with Gasteiger partial charge in [0.1, 0.15) is 0 Å². The molecular formula is C14H27N3O3. The van der Waals surface area contributed by atoms with Crippen LogP contribution in [0.2, 0.25) is 0 Å². The Morgan fingerprint density at radius 1 is 1.15 bits per heavy atom. The van der Waals surface area contributed by atoms with Crippen LogP contribution in [0.25, 0.3) is 0 Å². The second-order valence-electron chi connectivity index (χ2n) is 5.36. The lowest BCUT2D eigenvalue weighted by Gasteiger charge is -2.25. The Labute approximate surface area is 121 Å². The minimum Gasteiger partial charge on any atom is -0.359 e. The lowest BCUT2D eigenvalue weighted by molar-refractivity contribution is -0.121. The maximum absolute atomic E-state index is 11.6. The second kappa shape index (κ2) is 9.34. The lowest BCUT2D eigenvalue weighted by Crippen LogP contribution is -2.44. The van der Waals surface area contributed by atoms with E-state index in [0.29, 0.717) is 12.3 Å². The largest absolute Gasteiger partial charge is 0.359 e. The van der Waals surface area contributed by atoms with Crippen molar-refractivity contribution < 1.29 is 14.4 Å². The summed E-state index contributed by atoms with van der Waals surface area (Å²) in [5, 5.41) is 4.87. The highest BCUT2D eigenvalue weighted by atomic mass is 16.2. The van der Waals surface area contributed by atoms with E-state index in [-0.39, 0.29) is 23.9 Å². The van der Waals surface area contributed by atoms with Gasteiger partial charge in [0.25, 0.3) is 0 Å². The highest BCUT2D eigenvalue weighted by Gasteiger charge is 2.16. The first-order valence-electron chi connectivity index (χ1n) is 7.02. The van der Waals surface area contributed by atoms with Crippen LogP contribution in [0.5, 0.6) is 0 Å². The zero-order valence-electron chi connectivity index (χ0n) is 13.2. The molecule has 0 aliphatic heterocycles. The number of nitrogens with one attached hydrogen (secondary N) is 2. The molecule has 2 unspecified atom stereocenters. The van der Waals surface area contributed by atoms with E-state index < -0.39 is 0 Å². The van der Waals surface area contributed by atoms with Crippen LogP contribution in [-0.2, 0) is 9.59 Å². The molecule has 116 valence electrons. The number of imide groups is 1. The van der Waals surface area contributed by atoms with Gasteiger partial charge >= 0.3 is 6.03 Å². The number of carbonyl (C=O) groups is 3. The van der Waals surface area contributed by atoms with Crippen molar-refractivity contribution in [1.29, 1.82) is 0 Å². The predicted molar refractivity (Wildman–Crippen MR) is 78.1 cm³/mol. The Kier molecular flexibility index (Phi) is 8.59. The fraction of sp³-hybridized carbons (Fsp3) is 0.786. The summed E-state index contributed by atoms with van der Waals surface area (Å²) in [7, 11) is 3.32. The Morgan fingerprint density at radius 2 is 1.75 bits per heavy atom. The Bertz CT molecular complexity index is 345. The fourth-order valence-electron chi connectivity index (χ4n) is 1.91. The zero-order chi connectivity index (χ0) is 15.7. The Balaban J connectivity index is 3.97. The van der Waals surface area contributed by atoms with Crippen molar-refractivity contribution in [2.75, 3.05) is 14.1 Å². The van der Waals surface area contributed by atoms with Crippen molar-refractivity contribution in [2.45, 2.75) is 52.5 Å². The number of hydrogen-bond acceptors (Lipinski definition) is 3. The molecule has 0 fully saturated rings. The maximum Gasteiger partial charge on any atom is 0.324 e. The molecule has 0 bridgehead atoms. The third kappa shape index (κ3) is 7.76. The van der Waals surface area contributed by atoms with Gasteiger partial charge in [-0.1, -0.05) is 19.8 Å². The van der Waals surface area contributed by atoms with Crippen LogP contribution < -0.4 is 10.6 Å². The van der Waals surface area contributed by atoms with Crippen LogP contribution in [0.15, 0.2) is 0 Å². The molecule has 0 spiro atoms. The normalized spacial score (nSPS) is 13.2. The van der Waals surface area contributed by atoms with Crippen LogP contribution >= 0.6 is 0 Å². The minimum absolute atomic E-state index is 0.0570. The number of urea groups is 1. The van der Waals surface area contributed by atoms with Crippen molar-refractivity contribution in [1.82, 2.24) is 15.5 Å². The number of carbonyl (C=O) groups excluding carboxylic acids is 3.